The summed E-state index contributed by atoms with van der Waals surface area (Å²) >= 11 is 2.97. The van der Waals surface area contributed by atoms with E-state index in [1.54, 1.807) is 0 Å². The quantitative estimate of drug-likeness (QED) is 0.226. The van der Waals surface area contributed by atoms with Gasteiger partial charge in [0.05, 0.1) is 0 Å². The van der Waals surface area contributed by atoms with Gasteiger partial charge in [-0.15, -0.1) is 0 Å². The molecule has 0 atom stereocenters. The Morgan fingerprint density at radius 1 is 1.09 bits per heavy atom. The van der Waals surface area contributed by atoms with Crippen molar-refractivity contribution in [3.8, 4) is 0 Å². The SMILES string of the molecule is CCCCCCCCc1cccc(SOSCC=C(C)C)c1. The van der Waals surface area contributed by atoms with Crippen LogP contribution in [0.25, 0.3) is 0 Å². The number of hydrogen-bond donors (Lipinski definition) is 0. The van der Waals surface area contributed by atoms with Gasteiger partial charge in [-0.3, -0.25) is 0 Å². The van der Waals surface area contributed by atoms with Gasteiger partial charge in [0.1, 0.15) is 0 Å². The van der Waals surface area contributed by atoms with Gasteiger partial charge in [0.2, 0.25) is 0 Å². The fourth-order valence-corrected chi connectivity index (χ4v) is 3.62. The molecule has 1 aromatic carbocycles. The lowest BCUT2D eigenvalue weighted by Crippen LogP contribution is -1.87. The van der Waals surface area contributed by atoms with Gasteiger partial charge in [0.15, 0.2) is 0 Å². The summed E-state index contributed by atoms with van der Waals surface area (Å²) in [5.74, 6) is 0.910. The number of rotatable bonds is 12. The van der Waals surface area contributed by atoms with Crippen molar-refractivity contribution in [2.45, 2.75) is 70.6 Å². The summed E-state index contributed by atoms with van der Waals surface area (Å²) in [4.78, 5) is 1.20. The van der Waals surface area contributed by atoms with E-state index in [0.717, 1.165) is 5.75 Å². The average molecular weight is 339 g/mol. The van der Waals surface area contributed by atoms with Crippen molar-refractivity contribution in [1.29, 1.82) is 0 Å². The molecule has 1 rings (SSSR count). The molecule has 0 bridgehead atoms. The Kier molecular flexibility index (Phi) is 11.7. The van der Waals surface area contributed by atoms with Gasteiger partial charge in [-0.1, -0.05) is 62.8 Å². The Hall–Kier alpha value is -0.380. The Morgan fingerprint density at radius 2 is 1.86 bits per heavy atom. The topological polar surface area (TPSA) is 9.23 Å². The first kappa shape index (κ1) is 19.7. The molecule has 22 heavy (non-hydrogen) atoms. The Balaban J connectivity index is 2.20. The third kappa shape index (κ3) is 10.4. The van der Waals surface area contributed by atoms with E-state index in [1.807, 2.05) is 0 Å². The molecule has 0 saturated heterocycles. The maximum atomic E-state index is 5.58. The van der Waals surface area contributed by atoms with Crippen LogP contribution in [0.15, 0.2) is 40.8 Å². The molecule has 1 aromatic rings. The summed E-state index contributed by atoms with van der Waals surface area (Å²) in [7, 11) is 0. The van der Waals surface area contributed by atoms with Crippen molar-refractivity contribution in [2.24, 2.45) is 0 Å². The van der Waals surface area contributed by atoms with E-state index < -0.39 is 0 Å². The molecule has 0 amide bonds. The molecule has 0 fully saturated rings. The normalized spacial score (nSPS) is 10.7. The van der Waals surface area contributed by atoms with Gasteiger partial charge in [0, 0.05) is 34.7 Å². The van der Waals surface area contributed by atoms with E-state index in [0.29, 0.717) is 0 Å². The second-order valence-electron chi connectivity index (χ2n) is 5.88. The highest BCUT2D eigenvalue weighted by Crippen LogP contribution is 2.26. The van der Waals surface area contributed by atoms with E-state index >= 15 is 0 Å². The zero-order valence-electron chi connectivity index (χ0n) is 14.3. The lowest BCUT2D eigenvalue weighted by molar-refractivity contribution is 0.607. The first-order valence-corrected chi connectivity index (χ1v) is 10.1. The van der Waals surface area contributed by atoms with Crippen LogP contribution in [-0.4, -0.2) is 5.75 Å². The van der Waals surface area contributed by atoms with E-state index in [4.69, 9.17) is 3.63 Å². The Labute approximate surface area is 145 Å². The molecule has 0 spiro atoms. The molecule has 0 unspecified atom stereocenters. The van der Waals surface area contributed by atoms with Gasteiger partial charge < -0.3 is 0 Å². The Bertz CT molecular complexity index is 425. The van der Waals surface area contributed by atoms with Crippen molar-refractivity contribution in [2.75, 3.05) is 5.75 Å². The van der Waals surface area contributed by atoms with Crippen LogP contribution in [-0.2, 0) is 10.1 Å². The van der Waals surface area contributed by atoms with Crippen LogP contribution < -0.4 is 0 Å². The third-order valence-corrected chi connectivity index (χ3v) is 4.86. The predicted octanol–water partition coefficient (Wildman–Crippen LogP) is 7.23. The number of hydrogen-bond acceptors (Lipinski definition) is 3. The molecule has 0 saturated carbocycles. The van der Waals surface area contributed by atoms with Gasteiger partial charge in [0.25, 0.3) is 0 Å². The standard InChI is InChI=1S/C19H30OS2/c1-4-5-6-7-8-9-11-18-12-10-13-19(16-18)22-20-21-15-14-17(2)3/h10,12-14,16H,4-9,11,15H2,1-3H3. The van der Waals surface area contributed by atoms with Crippen LogP contribution in [0.4, 0.5) is 0 Å². The van der Waals surface area contributed by atoms with Gasteiger partial charge in [-0.25, -0.2) is 3.63 Å². The second-order valence-corrected chi connectivity index (χ2v) is 7.63. The molecule has 124 valence electrons. The zero-order chi connectivity index (χ0) is 16.0. The molecule has 0 aromatic heterocycles. The highest BCUT2D eigenvalue weighted by molar-refractivity contribution is 8.07. The van der Waals surface area contributed by atoms with E-state index in [2.05, 4.69) is 51.1 Å². The minimum atomic E-state index is 0.910. The van der Waals surface area contributed by atoms with E-state index in [9.17, 15) is 0 Å². The first-order valence-electron chi connectivity index (χ1n) is 8.41. The van der Waals surface area contributed by atoms with Gasteiger partial charge in [-0.05, 0) is 44.4 Å². The molecular weight excluding hydrogens is 308 g/mol. The molecule has 0 aliphatic carbocycles. The van der Waals surface area contributed by atoms with Crippen LogP contribution in [0.1, 0.15) is 64.9 Å². The highest BCUT2D eigenvalue weighted by Gasteiger charge is 1.99. The second kappa shape index (κ2) is 13.1. The minimum absolute atomic E-state index is 0.910. The van der Waals surface area contributed by atoms with Crippen LogP contribution in [0.3, 0.4) is 0 Å². The lowest BCUT2D eigenvalue weighted by Gasteiger charge is -2.05. The lowest BCUT2D eigenvalue weighted by atomic mass is 10.1. The van der Waals surface area contributed by atoms with Gasteiger partial charge >= 0.3 is 0 Å². The molecule has 0 heterocycles. The fourth-order valence-electron chi connectivity index (χ4n) is 2.15. The van der Waals surface area contributed by atoms with Crippen molar-refractivity contribution < 1.29 is 3.63 Å². The number of unbranched alkanes of at least 4 members (excludes halogenated alkanes) is 5. The van der Waals surface area contributed by atoms with Crippen LogP contribution >= 0.6 is 24.1 Å². The molecular formula is C19H30OS2. The summed E-state index contributed by atoms with van der Waals surface area (Å²) in [5.41, 5.74) is 2.76. The summed E-state index contributed by atoms with van der Waals surface area (Å²) in [6, 6.07) is 8.75. The zero-order valence-corrected chi connectivity index (χ0v) is 15.9. The molecule has 1 nitrogen and oxygen atoms in total. The van der Waals surface area contributed by atoms with Crippen LogP contribution in [0, 0.1) is 0 Å². The van der Waals surface area contributed by atoms with Crippen molar-refractivity contribution in [1.82, 2.24) is 0 Å². The highest BCUT2D eigenvalue weighted by atomic mass is 32.2. The first-order chi connectivity index (χ1) is 10.7. The Morgan fingerprint density at radius 3 is 2.64 bits per heavy atom. The fraction of sp³-hybridized carbons (Fsp3) is 0.579. The predicted molar refractivity (Wildman–Crippen MR) is 102 cm³/mol. The summed E-state index contributed by atoms with van der Waals surface area (Å²) in [6.45, 7) is 6.49. The number of allylic oxidation sites excluding steroid dienone is 1. The minimum Gasteiger partial charge on any atom is -0.242 e. The smallest absolute Gasteiger partial charge is 0.0443 e. The van der Waals surface area contributed by atoms with Crippen LogP contribution in [0.2, 0.25) is 0 Å². The molecule has 0 aliphatic rings. The molecule has 0 N–H and O–H groups in total. The summed E-state index contributed by atoms with van der Waals surface area (Å²) in [5, 5.41) is 0. The maximum absolute atomic E-state index is 5.58. The maximum Gasteiger partial charge on any atom is 0.0443 e. The van der Waals surface area contributed by atoms with Crippen molar-refractivity contribution in [3.05, 3.63) is 41.5 Å². The van der Waals surface area contributed by atoms with Crippen molar-refractivity contribution in [3.63, 3.8) is 0 Å². The van der Waals surface area contributed by atoms with Gasteiger partial charge in [-0.2, -0.15) is 0 Å². The van der Waals surface area contributed by atoms with Crippen LogP contribution in [0.5, 0.6) is 0 Å². The largest absolute Gasteiger partial charge is 0.242 e. The molecule has 0 radical (unpaired) electrons. The monoisotopic (exact) mass is 338 g/mol. The number of benzene rings is 1. The molecule has 0 aliphatic heterocycles. The summed E-state index contributed by atoms with van der Waals surface area (Å²) in [6.07, 6.45) is 11.5. The molecule has 3 heteroatoms. The van der Waals surface area contributed by atoms with E-state index in [1.165, 1.54) is 85.1 Å². The van der Waals surface area contributed by atoms with Crippen molar-refractivity contribution >= 4 is 24.1 Å². The third-order valence-electron chi connectivity index (χ3n) is 3.46. The number of aryl methyl sites for hydroxylation is 1. The average Bonchev–Trinajstić information content (AvgIpc) is 2.50. The summed E-state index contributed by atoms with van der Waals surface area (Å²) < 4.78 is 5.58. The van der Waals surface area contributed by atoms with E-state index in [-0.39, 0.29) is 0 Å².